The SMILES string of the molecule is CCCC[C@@H](C(=O)N[C@@H](CC(=O)O)C(=O)O)N(C)C(=O)[C@H](Cc1c[nH]c2ccccc12)NC(=O)[C@@H](N)[C@@H](C)O. The van der Waals surface area contributed by atoms with Crippen molar-refractivity contribution < 1.29 is 39.3 Å². The number of amides is 3. The van der Waals surface area contributed by atoms with Crippen LogP contribution >= 0.6 is 0 Å². The Hall–Kier alpha value is -3.97. The smallest absolute Gasteiger partial charge is 0.326 e. The van der Waals surface area contributed by atoms with E-state index in [0.29, 0.717) is 18.4 Å². The molecule has 13 nitrogen and oxygen atoms in total. The molecule has 0 saturated heterocycles. The van der Waals surface area contributed by atoms with E-state index in [2.05, 4.69) is 15.6 Å². The van der Waals surface area contributed by atoms with Crippen molar-refractivity contribution in [3.8, 4) is 0 Å². The van der Waals surface area contributed by atoms with Crippen LogP contribution in [0.3, 0.4) is 0 Å². The van der Waals surface area contributed by atoms with E-state index < -0.39 is 66.4 Å². The van der Waals surface area contributed by atoms with Gasteiger partial charge in [-0.05, 0) is 25.0 Å². The number of aliphatic carboxylic acids is 2. The second kappa shape index (κ2) is 14.3. The van der Waals surface area contributed by atoms with Gasteiger partial charge >= 0.3 is 11.9 Å². The topological polar surface area (TPSA) is 215 Å². The Kier molecular flexibility index (Phi) is 11.4. The number of carbonyl (C=O) groups is 5. The van der Waals surface area contributed by atoms with E-state index in [0.717, 1.165) is 15.8 Å². The lowest BCUT2D eigenvalue weighted by atomic mass is 10.0. The Labute approximate surface area is 225 Å². The van der Waals surface area contributed by atoms with Gasteiger partial charge in [-0.1, -0.05) is 38.0 Å². The summed E-state index contributed by atoms with van der Waals surface area (Å²) in [6.07, 6.45) is 1.07. The van der Waals surface area contributed by atoms with Crippen LogP contribution in [0.2, 0.25) is 0 Å². The average molecular weight is 548 g/mol. The highest BCUT2D eigenvalue weighted by molar-refractivity contribution is 5.95. The minimum atomic E-state index is -1.69. The molecule has 0 fully saturated rings. The first-order valence-electron chi connectivity index (χ1n) is 12.7. The monoisotopic (exact) mass is 547 g/mol. The van der Waals surface area contributed by atoms with Gasteiger partial charge in [0.2, 0.25) is 17.7 Å². The zero-order valence-electron chi connectivity index (χ0n) is 22.2. The van der Waals surface area contributed by atoms with Crippen molar-refractivity contribution in [2.45, 2.75) is 76.2 Å². The van der Waals surface area contributed by atoms with Gasteiger partial charge in [0.25, 0.3) is 0 Å². The van der Waals surface area contributed by atoms with E-state index in [1.54, 1.807) is 6.20 Å². The minimum Gasteiger partial charge on any atom is -0.481 e. The van der Waals surface area contributed by atoms with Crippen LogP contribution in [0.1, 0.15) is 45.1 Å². The van der Waals surface area contributed by atoms with Crippen LogP contribution < -0.4 is 16.4 Å². The number of hydrogen-bond acceptors (Lipinski definition) is 7. The number of carboxylic acids is 2. The number of nitrogens with zero attached hydrogens (tertiary/aromatic N) is 1. The van der Waals surface area contributed by atoms with E-state index in [1.165, 1.54) is 14.0 Å². The highest BCUT2D eigenvalue weighted by Gasteiger charge is 2.35. The van der Waals surface area contributed by atoms with Gasteiger partial charge in [-0.25, -0.2) is 4.79 Å². The third-order valence-corrected chi connectivity index (χ3v) is 6.48. The summed E-state index contributed by atoms with van der Waals surface area (Å²) in [4.78, 5) is 66.4. The molecule has 13 heteroatoms. The number of unbranched alkanes of at least 4 members (excludes halogenated alkanes) is 1. The lowest BCUT2D eigenvalue weighted by Crippen LogP contribution is -2.59. The molecule has 0 aliphatic carbocycles. The first-order valence-corrected chi connectivity index (χ1v) is 12.7. The molecule has 0 radical (unpaired) electrons. The van der Waals surface area contributed by atoms with E-state index in [9.17, 15) is 34.2 Å². The summed E-state index contributed by atoms with van der Waals surface area (Å²) >= 11 is 0. The van der Waals surface area contributed by atoms with E-state index in [-0.39, 0.29) is 12.8 Å². The van der Waals surface area contributed by atoms with Crippen molar-refractivity contribution in [2.75, 3.05) is 7.05 Å². The molecule has 0 spiro atoms. The number of carbonyl (C=O) groups excluding carboxylic acids is 3. The summed E-state index contributed by atoms with van der Waals surface area (Å²) in [6, 6.07) is 2.05. The Morgan fingerprint density at radius 1 is 1.05 bits per heavy atom. The fraction of sp³-hybridized carbons (Fsp3) is 0.500. The Bertz CT molecular complexity index is 1180. The van der Waals surface area contributed by atoms with Crippen LogP contribution in [-0.4, -0.2) is 92.2 Å². The van der Waals surface area contributed by atoms with Gasteiger partial charge in [-0.3, -0.25) is 19.2 Å². The van der Waals surface area contributed by atoms with Crippen molar-refractivity contribution in [1.29, 1.82) is 0 Å². The third-order valence-electron chi connectivity index (χ3n) is 6.48. The molecule has 0 bridgehead atoms. The van der Waals surface area contributed by atoms with Gasteiger partial charge in [-0.15, -0.1) is 0 Å². The molecule has 1 heterocycles. The molecular weight excluding hydrogens is 510 g/mol. The quantitative estimate of drug-likeness (QED) is 0.159. The van der Waals surface area contributed by atoms with Crippen LogP contribution in [0.4, 0.5) is 0 Å². The summed E-state index contributed by atoms with van der Waals surface area (Å²) in [5.41, 5.74) is 7.31. The number of aromatic amines is 1. The van der Waals surface area contributed by atoms with Crippen molar-refractivity contribution in [1.82, 2.24) is 20.5 Å². The fourth-order valence-corrected chi connectivity index (χ4v) is 4.15. The Morgan fingerprint density at radius 2 is 1.69 bits per heavy atom. The van der Waals surface area contributed by atoms with Gasteiger partial charge in [0.05, 0.1) is 12.5 Å². The number of nitrogens with one attached hydrogen (secondary N) is 3. The van der Waals surface area contributed by atoms with Gasteiger partial charge in [0, 0.05) is 30.6 Å². The van der Waals surface area contributed by atoms with E-state index in [1.807, 2.05) is 31.2 Å². The summed E-state index contributed by atoms with van der Waals surface area (Å²) in [7, 11) is 1.36. The fourth-order valence-electron chi connectivity index (χ4n) is 4.15. The molecule has 3 amide bonds. The number of H-pyrrole nitrogens is 1. The zero-order valence-corrected chi connectivity index (χ0v) is 22.2. The zero-order chi connectivity index (χ0) is 29.3. The maximum atomic E-state index is 13.7. The largest absolute Gasteiger partial charge is 0.481 e. The number of aliphatic hydroxyl groups is 1. The lowest BCUT2D eigenvalue weighted by molar-refractivity contribution is -0.149. The molecule has 0 unspecified atom stereocenters. The Balaban J connectivity index is 2.38. The highest BCUT2D eigenvalue weighted by atomic mass is 16.4. The summed E-state index contributed by atoms with van der Waals surface area (Å²) in [6.45, 7) is 3.22. The van der Waals surface area contributed by atoms with E-state index >= 15 is 0 Å². The minimum absolute atomic E-state index is 0.0321. The molecule has 0 aliphatic rings. The van der Waals surface area contributed by atoms with Crippen molar-refractivity contribution in [3.05, 3.63) is 36.0 Å². The normalized spacial score (nSPS) is 15.0. The molecular formula is C26H37N5O8. The van der Waals surface area contributed by atoms with Crippen LogP contribution in [-0.2, 0) is 30.4 Å². The molecule has 1 aromatic carbocycles. The molecule has 1 aromatic heterocycles. The molecule has 0 saturated carbocycles. The molecule has 2 aromatic rings. The van der Waals surface area contributed by atoms with Gasteiger partial charge in [-0.2, -0.15) is 0 Å². The second-order valence-electron chi connectivity index (χ2n) is 9.50. The van der Waals surface area contributed by atoms with Gasteiger partial charge < -0.3 is 41.6 Å². The molecule has 2 rings (SSSR count). The number of likely N-dealkylation sites (N-methyl/N-ethyl adjacent to an activating group) is 1. The van der Waals surface area contributed by atoms with Crippen LogP contribution in [0.25, 0.3) is 10.9 Å². The summed E-state index contributed by atoms with van der Waals surface area (Å²) in [5.74, 6) is -5.17. The molecule has 39 heavy (non-hydrogen) atoms. The third kappa shape index (κ3) is 8.52. The summed E-state index contributed by atoms with van der Waals surface area (Å²) in [5, 5.41) is 33.8. The molecule has 8 N–H and O–H groups in total. The number of rotatable bonds is 15. The molecule has 0 aliphatic heterocycles. The van der Waals surface area contributed by atoms with Crippen molar-refractivity contribution >= 4 is 40.6 Å². The number of aromatic nitrogens is 1. The number of carboxylic acid groups (broad SMARTS) is 2. The predicted molar refractivity (Wildman–Crippen MR) is 141 cm³/mol. The van der Waals surface area contributed by atoms with Crippen LogP contribution in [0.15, 0.2) is 30.5 Å². The summed E-state index contributed by atoms with van der Waals surface area (Å²) < 4.78 is 0. The van der Waals surface area contributed by atoms with Crippen molar-refractivity contribution in [3.63, 3.8) is 0 Å². The second-order valence-corrected chi connectivity index (χ2v) is 9.50. The highest BCUT2D eigenvalue weighted by Crippen LogP contribution is 2.20. The first-order chi connectivity index (χ1) is 18.4. The number of benzene rings is 1. The van der Waals surface area contributed by atoms with Crippen LogP contribution in [0, 0.1) is 0 Å². The number of aliphatic hydroxyl groups excluding tert-OH is 1. The standard InChI is InChI=1S/C26H37N5O8/c1-4-5-10-20(23(35)30-19(26(38)39)12-21(33)34)31(3)25(37)18(29-24(36)22(27)14(2)32)11-15-13-28-17-9-7-6-8-16(15)17/h6-9,13-14,18-20,22,28,32H,4-5,10-12,27H2,1-3H3,(H,29,36)(H,30,35)(H,33,34)(H,38,39)/t14-,18+,19+,20+,22+/m1/s1. The maximum Gasteiger partial charge on any atom is 0.326 e. The van der Waals surface area contributed by atoms with E-state index in [4.69, 9.17) is 10.8 Å². The first kappa shape index (κ1) is 31.2. The number of hydrogen-bond donors (Lipinski definition) is 7. The molecule has 5 atom stereocenters. The Morgan fingerprint density at radius 3 is 2.28 bits per heavy atom. The number of nitrogens with two attached hydrogens (primary N) is 1. The van der Waals surface area contributed by atoms with Gasteiger partial charge in [0.15, 0.2) is 0 Å². The predicted octanol–water partition coefficient (Wildman–Crippen LogP) is -0.0354. The maximum absolute atomic E-state index is 13.7. The van der Waals surface area contributed by atoms with Crippen molar-refractivity contribution in [2.24, 2.45) is 5.73 Å². The molecule has 214 valence electrons. The average Bonchev–Trinajstić information content (AvgIpc) is 3.29. The number of para-hydroxylation sites is 1. The number of fused-ring (bicyclic) bond motifs is 1. The van der Waals surface area contributed by atoms with Crippen LogP contribution in [0.5, 0.6) is 0 Å². The lowest BCUT2D eigenvalue weighted by Gasteiger charge is -2.32. The van der Waals surface area contributed by atoms with Gasteiger partial charge in [0.1, 0.15) is 24.2 Å².